The quantitative estimate of drug-likeness (QED) is 0.757. The lowest BCUT2D eigenvalue weighted by Gasteiger charge is -2.16. The summed E-state index contributed by atoms with van der Waals surface area (Å²) in [6.07, 6.45) is 1.88. The van der Waals surface area contributed by atoms with Gasteiger partial charge in [-0.2, -0.15) is 0 Å². The number of ether oxygens (including phenoxy) is 1. The Kier molecular flexibility index (Phi) is 4.58. The molecule has 0 spiro atoms. The molecule has 1 aromatic carbocycles. The van der Waals surface area contributed by atoms with Gasteiger partial charge in [0.1, 0.15) is 5.75 Å². The highest BCUT2D eigenvalue weighted by molar-refractivity contribution is 5.96. The highest BCUT2D eigenvalue weighted by Crippen LogP contribution is 2.14. The van der Waals surface area contributed by atoms with E-state index in [4.69, 9.17) is 4.74 Å². The van der Waals surface area contributed by atoms with Gasteiger partial charge in [0.15, 0.2) is 5.78 Å². The normalized spacial score (nSPS) is 10.8. The summed E-state index contributed by atoms with van der Waals surface area (Å²) < 4.78 is 7.05. The Bertz CT molecular complexity index is 590. The first kappa shape index (κ1) is 14.3. The minimum Gasteiger partial charge on any atom is -0.497 e. The third-order valence-corrected chi connectivity index (χ3v) is 3.23. The molecule has 0 amide bonds. The largest absolute Gasteiger partial charge is 0.497 e. The number of hydrogen-bond donors (Lipinski definition) is 0. The van der Waals surface area contributed by atoms with Gasteiger partial charge >= 0.3 is 0 Å². The first-order chi connectivity index (χ1) is 9.60. The predicted octanol–water partition coefficient (Wildman–Crippen LogP) is 2.35. The fraction of sp³-hybridized carbons (Fsp3) is 0.312. The first-order valence-corrected chi connectivity index (χ1v) is 6.56. The summed E-state index contributed by atoms with van der Waals surface area (Å²) in [6, 6.07) is 11.6. The Morgan fingerprint density at radius 3 is 2.75 bits per heavy atom. The van der Waals surface area contributed by atoms with Crippen molar-refractivity contribution in [2.75, 3.05) is 20.7 Å². The number of methoxy groups -OCH3 is 1. The molecule has 2 rings (SSSR count). The van der Waals surface area contributed by atoms with E-state index < -0.39 is 0 Å². The fourth-order valence-corrected chi connectivity index (χ4v) is 2.22. The van der Waals surface area contributed by atoms with Gasteiger partial charge in [-0.05, 0) is 36.9 Å². The SMILES string of the molecule is COc1cccc(CN(C)CC(=O)c2cccn2C)c1. The number of aromatic nitrogens is 1. The van der Waals surface area contributed by atoms with Crippen molar-refractivity contribution in [2.24, 2.45) is 7.05 Å². The third-order valence-electron chi connectivity index (χ3n) is 3.23. The zero-order chi connectivity index (χ0) is 14.5. The van der Waals surface area contributed by atoms with Crippen LogP contribution < -0.4 is 4.74 Å². The van der Waals surface area contributed by atoms with Crippen LogP contribution in [0.1, 0.15) is 16.1 Å². The molecule has 2 aromatic rings. The van der Waals surface area contributed by atoms with Crippen LogP contribution in [0.5, 0.6) is 5.75 Å². The lowest BCUT2D eigenvalue weighted by Crippen LogP contribution is -2.26. The number of Topliss-reactive ketones (excluding diaryl/α,β-unsaturated/α-hetero) is 1. The van der Waals surface area contributed by atoms with Crippen LogP contribution in [0.3, 0.4) is 0 Å². The van der Waals surface area contributed by atoms with Crippen molar-refractivity contribution < 1.29 is 9.53 Å². The van der Waals surface area contributed by atoms with Crippen molar-refractivity contribution in [3.8, 4) is 5.75 Å². The molecule has 0 unspecified atom stereocenters. The van der Waals surface area contributed by atoms with Crippen molar-refractivity contribution in [3.63, 3.8) is 0 Å². The second-order valence-corrected chi connectivity index (χ2v) is 4.95. The number of ketones is 1. The van der Waals surface area contributed by atoms with E-state index in [1.54, 1.807) is 7.11 Å². The number of carbonyl (C=O) groups is 1. The van der Waals surface area contributed by atoms with Crippen molar-refractivity contribution in [3.05, 3.63) is 53.9 Å². The van der Waals surface area contributed by atoms with Crippen LogP contribution in [0.2, 0.25) is 0 Å². The zero-order valence-electron chi connectivity index (χ0n) is 12.2. The molecule has 1 aromatic heterocycles. The van der Waals surface area contributed by atoms with Gasteiger partial charge in [-0.3, -0.25) is 9.69 Å². The lowest BCUT2D eigenvalue weighted by molar-refractivity contribution is 0.0935. The van der Waals surface area contributed by atoms with Crippen LogP contribution in [0, 0.1) is 0 Å². The van der Waals surface area contributed by atoms with Crippen LogP contribution in [0.4, 0.5) is 0 Å². The van der Waals surface area contributed by atoms with E-state index in [2.05, 4.69) is 0 Å². The summed E-state index contributed by atoms with van der Waals surface area (Å²) in [5.74, 6) is 0.965. The molecule has 20 heavy (non-hydrogen) atoms. The topological polar surface area (TPSA) is 34.5 Å². The summed E-state index contributed by atoms with van der Waals surface area (Å²) in [7, 11) is 5.48. The highest BCUT2D eigenvalue weighted by atomic mass is 16.5. The van der Waals surface area contributed by atoms with Crippen molar-refractivity contribution in [1.29, 1.82) is 0 Å². The number of rotatable bonds is 6. The van der Waals surface area contributed by atoms with Gasteiger partial charge in [0, 0.05) is 19.8 Å². The standard InChI is InChI=1S/C16H20N2O2/c1-17(11-13-6-4-7-14(10-13)20-3)12-16(19)15-8-5-9-18(15)2/h4-10H,11-12H2,1-3H3. The summed E-state index contributed by atoms with van der Waals surface area (Å²) in [4.78, 5) is 14.2. The Hall–Kier alpha value is -2.07. The maximum Gasteiger partial charge on any atom is 0.193 e. The van der Waals surface area contributed by atoms with Crippen LogP contribution >= 0.6 is 0 Å². The molecule has 0 aliphatic rings. The molecule has 4 nitrogen and oxygen atoms in total. The van der Waals surface area contributed by atoms with Crippen LogP contribution in [-0.2, 0) is 13.6 Å². The molecular formula is C16H20N2O2. The van der Waals surface area contributed by atoms with Crippen molar-refractivity contribution in [2.45, 2.75) is 6.54 Å². The van der Waals surface area contributed by atoms with Crippen molar-refractivity contribution >= 4 is 5.78 Å². The number of carbonyl (C=O) groups excluding carboxylic acids is 1. The zero-order valence-corrected chi connectivity index (χ0v) is 12.2. The summed E-state index contributed by atoms with van der Waals surface area (Å²) in [5, 5.41) is 0. The van der Waals surface area contributed by atoms with Gasteiger partial charge in [0.2, 0.25) is 0 Å². The van der Waals surface area contributed by atoms with Crippen LogP contribution in [0.15, 0.2) is 42.6 Å². The van der Waals surface area contributed by atoms with E-state index in [-0.39, 0.29) is 5.78 Å². The molecular weight excluding hydrogens is 252 g/mol. The van der Waals surface area contributed by atoms with Crippen molar-refractivity contribution in [1.82, 2.24) is 9.47 Å². The molecule has 1 heterocycles. The van der Waals surface area contributed by atoms with E-state index in [1.807, 2.05) is 66.2 Å². The maximum atomic E-state index is 12.2. The Morgan fingerprint density at radius 1 is 1.30 bits per heavy atom. The molecule has 0 N–H and O–H groups in total. The average molecular weight is 272 g/mol. The van der Waals surface area contributed by atoms with E-state index >= 15 is 0 Å². The second kappa shape index (κ2) is 6.39. The number of nitrogens with zero attached hydrogens (tertiary/aromatic N) is 2. The molecule has 0 fully saturated rings. The monoisotopic (exact) mass is 272 g/mol. The van der Waals surface area contributed by atoms with E-state index in [1.165, 1.54) is 0 Å². The van der Waals surface area contributed by atoms with Gasteiger partial charge in [-0.15, -0.1) is 0 Å². The van der Waals surface area contributed by atoms with E-state index in [9.17, 15) is 4.79 Å². The summed E-state index contributed by atoms with van der Waals surface area (Å²) >= 11 is 0. The molecule has 0 saturated carbocycles. The van der Waals surface area contributed by atoms with Gasteiger partial charge in [0.05, 0.1) is 19.3 Å². The molecule has 4 heteroatoms. The number of hydrogen-bond acceptors (Lipinski definition) is 3. The molecule has 0 aliphatic heterocycles. The van der Waals surface area contributed by atoms with Gasteiger partial charge in [-0.25, -0.2) is 0 Å². The lowest BCUT2D eigenvalue weighted by atomic mass is 10.2. The summed E-state index contributed by atoms with van der Waals surface area (Å²) in [5.41, 5.74) is 1.87. The molecule has 106 valence electrons. The van der Waals surface area contributed by atoms with Crippen LogP contribution in [-0.4, -0.2) is 36.0 Å². The molecule has 0 saturated heterocycles. The third kappa shape index (κ3) is 3.48. The Balaban J connectivity index is 1.97. The highest BCUT2D eigenvalue weighted by Gasteiger charge is 2.12. The smallest absolute Gasteiger partial charge is 0.193 e. The average Bonchev–Trinajstić information content (AvgIpc) is 2.85. The maximum absolute atomic E-state index is 12.2. The number of benzene rings is 1. The Morgan fingerprint density at radius 2 is 2.10 bits per heavy atom. The second-order valence-electron chi connectivity index (χ2n) is 4.95. The number of aryl methyl sites for hydroxylation is 1. The van der Waals surface area contributed by atoms with E-state index in [0.29, 0.717) is 13.1 Å². The summed E-state index contributed by atoms with van der Waals surface area (Å²) in [6.45, 7) is 1.11. The fourth-order valence-electron chi connectivity index (χ4n) is 2.22. The molecule has 0 atom stereocenters. The molecule has 0 bridgehead atoms. The predicted molar refractivity (Wildman–Crippen MR) is 79.1 cm³/mol. The molecule has 0 radical (unpaired) electrons. The van der Waals surface area contributed by atoms with E-state index in [0.717, 1.165) is 17.0 Å². The minimum absolute atomic E-state index is 0.128. The van der Waals surface area contributed by atoms with Crippen LogP contribution in [0.25, 0.3) is 0 Å². The molecule has 0 aliphatic carbocycles. The van der Waals surface area contributed by atoms with Gasteiger partial charge in [-0.1, -0.05) is 12.1 Å². The number of likely N-dealkylation sites (N-methyl/N-ethyl adjacent to an activating group) is 1. The van der Waals surface area contributed by atoms with Gasteiger partial charge in [0.25, 0.3) is 0 Å². The van der Waals surface area contributed by atoms with Gasteiger partial charge < -0.3 is 9.30 Å². The Labute approximate surface area is 119 Å². The minimum atomic E-state index is 0.128. The first-order valence-electron chi connectivity index (χ1n) is 6.56.